The van der Waals surface area contributed by atoms with Crippen LogP contribution in [0.15, 0.2) is 53.4 Å². The fourth-order valence-electron chi connectivity index (χ4n) is 2.74. The van der Waals surface area contributed by atoms with Gasteiger partial charge in [0.05, 0.1) is 24.1 Å². The smallest absolute Gasteiger partial charge is 0.251 e. The van der Waals surface area contributed by atoms with Crippen molar-refractivity contribution in [2.24, 2.45) is 0 Å². The van der Waals surface area contributed by atoms with E-state index < -0.39 is 10.0 Å². The molecule has 1 amide bonds. The fraction of sp³-hybridized carbons (Fsp3) is 0.211. The number of hydrogen-bond acceptors (Lipinski definition) is 4. The maximum Gasteiger partial charge on any atom is 0.251 e. The SMILES string of the molecule is C#CCNS(=O)(=O)c1ccc(C(=O)NC2CCOc3ccccc32)cc1. The molecule has 1 atom stereocenters. The van der Waals surface area contributed by atoms with Crippen LogP contribution in [-0.4, -0.2) is 27.5 Å². The number of benzene rings is 2. The highest BCUT2D eigenvalue weighted by atomic mass is 32.2. The second kappa shape index (κ2) is 7.60. The van der Waals surface area contributed by atoms with Gasteiger partial charge >= 0.3 is 0 Å². The van der Waals surface area contributed by atoms with Gasteiger partial charge < -0.3 is 10.1 Å². The highest BCUT2D eigenvalue weighted by Crippen LogP contribution is 2.31. The summed E-state index contributed by atoms with van der Waals surface area (Å²) in [4.78, 5) is 12.6. The molecule has 2 N–H and O–H groups in total. The number of nitrogens with one attached hydrogen (secondary N) is 2. The van der Waals surface area contributed by atoms with Crippen LogP contribution in [0, 0.1) is 12.3 Å². The summed E-state index contributed by atoms with van der Waals surface area (Å²) >= 11 is 0. The van der Waals surface area contributed by atoms with Gasteiger partial charge in [0.25, 0.3) is 5.91 Å². The first-order valence-corrected chi connectivity index (χ1v) is 9.55. The van der Waals surface area contributed by atoms with Crippen LogP contribution in [-0.2, 0) is 10.0 Å². The van der Waals surface area contributed by atoms with E-state index in [0.717, 1.165) is 11.3 Å². The predicted molar refractivity (Wildman–Crippen MR) is 97.2 cm³/mol. The molecule has 0 radical (unpaired) electrons. The van der Waals surface area contributed by atoms with Crippen molar-refractivity contribution in [2.75, 3.05) is 13.2 Å². The zero-order chi connectivity index (χ0) is 18.6. The quantitative estimate of drug-likeness (QED) is 0.787. The van der Waals surface area contributed by atoms with Gasteiger partial charge in [0.1, 0.15) is 5.75 Å². The van der Waals surface area contributed by atoms with E-state index in [9.17, 15) is 13.2 Å². The molecule has 1 unspecified atom stereocenters. The number of carbonyl (C=O) groups is 1. The lowest BCUT2D eigenvalue weighted by atomic mass is 10.00. The Hall–Kier alpha value is -2.82. The van der Waals surface area contributed by atoms with E-state index in [-0.39, 0.29) is 23.4 Å². The standard InChI is InChI=1S/C19H18N2O4S/c1-2-12-20-26(23,24)15-9-7-14(8-10-15)19(22)21-17-11-13-25-18-6-4-3-5-16(17)18/h1,3-10,17,20H,11-13H2,(H,21,22). The number of amides is 1. The predicted octanol–water partition coefficient (Wildman–Crippen LogP) is 1.85. The number of ether oxygens (including phenoxy) is 1. The molecular formula is C19H18N2O4S. The van der Waals surface area contributed by atoms with Crippen LogP contribution in [0.3, 0.4) is 0 Å². The van der Waals surface area contributed by atoms with E-state index in [0.29, 0.717) is 18.6 Å². The van der Waals surface area contributed by atoms with Crippen molar-refractivity contribution in [1.82, 2.24) is 10.0 Å². The van der Waals surface area contributed by atoms with Gasteiger partial charge in [-0.2, -0.15) is 4.72 Å². The van der Waals surface area contributed by atoms with Gasteiger partial charge in [0.15, 0.2) is 0 Å². The Morgan fingerprint density at radius 1 is 1.19 bits per heavy atom. The third-order valence-corrected chi connectivity index (χ3v) is 5.47. The lowest BCUT2D eigenvalue weighted by molar-refractivity contribution is 0.0924. The van der Waals surface area contributed by atoms with Crippen molar-refractivity contribution in [3.8, 4) is 18.1 Å². The molecule has 0 fully saturated rings. The van der Waals surface area contributed by atoms with Gasteiger partial charge in [-0.3, -0.25) is 4.79 Å². The minimum atomic E-state index is -3.67. The van der Waals surface area contributed by atoms with Crippen molar-refractivity contribution in [1.29, 1.82) is 0 Å². The molecule has 6 nitrogen and oxygen atoms in total. The molecule has 0 saturated carbocycles. The molecule has 1 aliphatic heterocycles. The summed E-state index contributed by atoms with van der Waals surface area (Å²) in [6.07, 6.45) is 5.73. The molecule has 26 heavy (non-hydrogen) atoms. The second-order valence-corrected chi connectivity index (χ2v) is 7.52. The van der Waals surface area contributed by atoms with Crippen molar-refractivity contribution in [2.45, 2.75) is 17.4 Å². The van der Waals surface area contributed by atoms with Crippen LogP contribution in [0.25, 0.3) is 0 Å². The summed E-state index contributed by atoms with van der Waals surface area (Å²) < 4.78 is 31.9. The first kappa shape index (κ1) is 18.0. The normalized spacial score (nSPS) is 16.0. The molecule has 2 aromatic carbocycles. The average molecular weight is 370 g/mol. The highest BCUT2D eigenvalue weighted by Gasteiger charge is 2.23. The summed E-state index contributed by atoms with van der Waals surface area (Å²) in [6, 6.07) is 13.1. The Morgan fingerprint density at radius 3 is 2.65 bits per heavy atom. The van der Waals surface area contributed by atoms with Gasteiger partial charge in [-0.15, -0.1) is 6.42 Å². The van der Waals surface area contributed by atoms with Gasteiger partial charge in [-0.05, 0) is 30.3 Å². The van der Waals surface area contributed by atoms with Crippen LogP contribution < -0.4 is 14.8 Å². The maximum absolute atomic E-state index is 12.5. The Labute approximate surface area is 152 Å². The Kier molecular flexibility index (Phi) is 5.26. The Bertz CT molecular complexity index is 946. The molecule has 3 rings (SSSR count). The van der Waals surface area contributed by atoms with E-state index in [1.807, 2.05) is 24.3 Å². The van der Waals surface area contributed by atoms with Crippen LogP contribution in [0.4, 0.5) is 0 Å². The summed E-state index contributed by atoms with van der Waals surface area (Å²) in [6.45, 7) is 0.438. The molecule has 0 saturated heterocycles. The number of fused-ring (bicyclic) bond motifs is 1. The fourth-order valence-corrected chi connectivity index (χ4v) is 3.67. The minimum absolute atomic E-state index is 0.0562. The third-order valence-electron chi connectivity index (χ3n) is 4.05. The molecule has 0 bridgehead atoms. The van der Waals surface area contributed by atoms with Gasteiger partial charge in [-0.25, -0.2) is 8.42 Å². The molecule has 0 spiro atoms. The summed E-state index contributed by atoms with van der Waals surface area (Å²) in [7, 11) is -3.67. The maximum atomic E-state index is 12.5. The van der Waals surface area contributed by atoms with Crippen molar-refractivity contribution < 1.29 is 17.9 Å². The van der Waals surface area contributed by atoms with Crippen LogP contribution >= 0.6 is 0 Å². The topological polar surface area (TPSA) is 84.5 Å². The first-order valence-electron chi connectivity index (χ1n) is 8.07. The molecular weight excluding hydrogens is 352 g/mol. The third kappa shape index (κ3) is 3.87. The number of hydrogen-bond donors (Lipinski definition) is 2. The van der Waals surface area contributed by atoms with E-state index in [2.05, 4.69) is 16.0 Å². The Balaban J connectivity index is 1.73. The van der Waals surface area contributed by atoms with Crippen molar-refractivity contribution in [3.63, 3.8) is 0 Å². The zero-order valence-electron chi connectivity index (χ0n) is 13.9. The van der Waals surface area contributed by atoms with Crippen LogP contribution in [0.2, 0.25) is 0 Å². The minimum Gasteiger partial charge on any atom is -0.493 e. The number of carbonyl (C=O) groups excluding carboxylic acids is 1. The molecule has 1 aliphatic rings. The lowest BCUT2D eigenvalue weighted by Crippen LogP contribution is -2.32. The molecule has 0 aromatic heterocycles. The number of rotatable bonds is 5. The summed E-state index contributed by atoms with van der Waals surface area (Å²) in [5.74, 6) is 2.71. The first-order chi connectivity index (χ1) is 12.5. The molecule has 7 heteroatoms. The number of para-hydroxylation sites is 1. The number of sulfonamides is 1. The second-order valence-electron chi connectivity index (χ2n) is 5.75. The van der Waals surface area contributed by atoms with Crippen molar-refractivity contribution >= 4 is 15.9 Å². The van der Waals surface area contributed by atoms with Crippen molar-refractivity contribution in [3.05, 3.63) is 59.7 Å². The average Bonchev–Trinajstić information content (AvgIpc) is 2.67. The molecule has 134 valence electrons. The monoisotopic (exact) mass is 370 g/mol. The lowest BCUT2D eigenvalue weighted by Gasteiger charge is -2.26. The van der Waals surface area contributed by atoms with E-state index in [1.165, 1.54) is 24.3 Å². The largest absolute Gasteiger partial charge is 0.493 e. The van der Waals surface area contributed by atoms with Crippen LogP contribution in [0.1, 0.15) is 28.4 Å². The van der Waals surface area contributed by atoms with E-state index >= 15 is 0 Å². The number of terminal acetylenes is 1. The summed E-state index contributed by atoms with van der Waals surface area (Å²) in [5.41, 5.74) is 1.31. The molecule has 1 heterocycles. The van der Waals surface area contributed by atoms with E-state index in [1.54, 1.807) is 0 Å². The van der Waals surface area contributed by atoms with Gasteiger partial charge in [-0.1, -0.05) is 24.1 Å². The highest BCUT2D eigenvalue weighted by molar-refractivity contribution is 7.89. The Morgan fingerprint density at radius 2 is 1.92 bits per heavy atom. The van der Waals surface area contributed by atoms with Crippen LogP contribution in [0.5, 0.6) is 5.75 Å². The zero-order valence-corrected chi connectivity index (χ0v) is 14.8. The summed E-state index contributed by atoms with van der Waals surface area (Å²) in [5, 5.41) is 2.97. The van der Waals surface area contributed by atoms with Gasteiger partial charge in [0, 0.05) is 17.5 Å². The van der Waals surface area contributed by atoms with Gasteiger partial charge in [0.2, 0.25) is 10.0 Å². The van der Waals surface area contributed by atoms with E-state index in [4.69, 9.17) is 11.2 Å². The molecule has 2 aromatic rings. The molecule has 0 aliphatic carbocycles.